The van der Waals surface area contributed by atoms with Gasteiger partial charge in [0.15, 0.2) is 0 Å². The van der Waals surface area contributed by atoms with Crippen molar-refractivity contribution in [3.05, 3.63) is 11.4 Å². The van der Waals surface area contributed by atoms with Gasteiger partial charge in [-0.25, -0.2) is 4.98 Å². The van der Waals surface area contributed by atoms with Gasteiger partial charge in [0.05, 0.1) is 17.5 Å². The fourth-order valence-corrected chi connectivity index (χ4v) is 3.75. The Morgan fingerprint density at radius 3 is 2.81 bits per heavy atom. The topological polar surface area (TPSA) is 70.1 Å². The average molecular weight is 306 g/mol. The van der Waals surface area contributed by atoms with Crippen molar-refractivity contribution in [3.63, 3.8) is 0 Å². The summed E-state index contributed by atoms with van der Waals surface area (Å²) in [5.74, 6) is 1.49. The van der Waals surface area contributed by atoms with Crippen LogP contribution in [-0.2, 0) is 0 Å². The fourth-order valence-electron chi connectivity index (χ4n) is 2.99. The fraction of sp³-hybridized carbons (Fsp3) is 0.600. The number of hydrogen-bond donors (Lipinski definition) is 3. The summed E-state index contributed by atoms with van der Waals surface area (Å²) in [4.78, 5) is 10.1. The minimum atomic E-state index is -0.231. The molecule has 0 saturated heterocycles. The number of anilines is 2. The molecule has 1 aliphatic rings. The number of hydrogen-bond acceptors (Lipinski definition) is 6. The van der Waals surface area contributed by atoms with E-state index >= 15 is 0 Å². The Morgan fingerprint density at radius 1 is 1.29 bits per heavy atom. The highest BCUT2D eigenvalue weighted by atomic mass is 32.1. The standard InChI is InChI=1S/C15H22N4OS/c1-2-16-14-17-12(11-6-9-21-13(11)18-14)19-15(10-20)7-4-3-5-8-15/h6,9,20H,2-5,7-8,10H2,1H3,(H2,16,17,18,19). The van der Waals surface area contributed by atoms with Gasteiger partial charge in [0.25, 0.3) is 0 Å². The van der Waals surface area contributed by atoms with Gasteiger partial charge in [0.2, 0.25) is 5.95 Å². The molecule has 6 heteroatoms. The van der Waals surface area contributed by atoms with Crippen molar-refractivity contribution in [2.45, 2.75) is 44.6 Å². The first-order valence-corrected chi connectivity index (χ1v) is 8.52. The van der Waals surface area contributed by atoms with Crippen LogP contribution in [0.5, 0.6) is 0 Å². The van der Waals surface area contributed by atoms with Gasteiger partial charge >= 0.3 is 0 Å². The van der Waals surface area contributed by atoms with Gasteiger partial charge in [-0.2, -0.15) is 4.98 Å². The summed E-state index contributed by atoms with van der Waals surface area (Å²) in [6, 6.07) is 2.05. The van der Waals surface area contributed by atoms with E-state index in [0.717, 1.165) is 48.3 Å². The smallest absolute Gasteiger partial charge is 0.226 e. The van der Waals surface area contributed by atoms with Gasteiger partial charge in [-0.3, -0.25) is 0 Å². The number of aliphatic hydroxyl groups excluding tert-OH is 1. The third kappa shape index (κ3) is 2.96. The first-order chi connectivity index (χ1) is 10.3. The van der Waals surface area contributed by atoms with Gasteiger partial charge in [0.1, 0.15) is 10.6 Å². The molecule has 5 nitrogen and oxygen atoms in total. The molecule has 2 aromatic rings. The first kappa shape index (κ1) is 14.5. The number of aromatic nitrogens is 2. The van der Waals surface area contributed by atoms with Crippen LogP contribution >= 0.6 is 11.3 Å². The van der Waals surface area contributed by atoms with Crippen LogP contribution in [0.2, 0.25) is 0 Å². The Labute approximate surface area is 128 Å². The molecule has 0 spiro atoms. The molecule has 0 aromatic carbocycles. The van der Waals surface area contributed by atoms with E-state index in [0.29, 0.717) is 5.95 Å². The minimum absolute atomic E-state index is 0.152. The van der Waals surface area contributed by atoms with E-state index in [4.69, 9.17) is 0 Å². The maximum Gasteiger partial charge on any atom is 0.226 e. The lowest BCUT2D eigenvalue weighted by Crippen LogP contribution is -2.44. The van der Waals surface area contributed by atoms with E-state index in [-0.39, 0.29) is 12.1 Å². The second-order valence-corrected chi connectivity index (χ2v) is 6.58. The summed E-state index contributed by atoms with van der Waals surface area (Å²) < 4.78 is 0. The van der Waals surface area contributed by atoms with Gasteiger partial charge in [-0.05, 0) is 31.2 Å². The Balaban J connectivity index is 1.96. The first-order valence-electron chi connectivity index (χ1n) is 7.64. The van der Waals surface area contributed by atoms with Crippen molar-refractivity contribution in [3.8, 4) is 0 Å². The molecule has 1 fully saturated rings. The van der Waals surface area contributed by atoms with Crippen molar-refractivity contribution in [1.29, 1.82) is 0 Å². The zero-order valence-corrected chi connectivity index (χ0v) is 13.2. The number of fused-ring (bicyclic) bond motifs is 1. The molecule has 0 atom stereocenters. The van der Waals surface area contributed by atoms with Crippen LogP contribution in [0.25, 0.3) is 10.2 Å². The van der Waals surface area contributed by atoms with Crippen molar-refractivity contribution in [2.75, 3.05) is 23.8 Å². The third-order valence-corrected chi connectivity index (χ3v) is 4.96. The Bertz CT molecular complexity index is 607. The molecule has 1 aliphatic carbocycles. The van der Waals surface area contributed by atoms with Crippen LogP contribution in [0, 0.1) is 0 Å². The highest BCUT2D eigenvalue weighted by Gasteiger charge is 2.32. The van der Waals surface area contributed by atoms with Crippen molar-refractivity contribution < 1.29 is 5.11 Å². The van der Waals surface area contributed by atoms with Crippen molar-refractivity contribution in [2.24, 2.45) is 0 Å². The maximum atomic E-state index is 9.88. The summed E-state index contributed by atoms with van der Waals surface area (Å²) in [5, 5.41) is 19.7. The molecular formula is C15H22N4OS. The maximum absolute atomic E-state index is 9.88. The number of thiophene rings is 1. The molecule has 2 aromatic heterocycles. The summed E-state index contributed by atoms with van der Waals surface area (Å²) in [7, 11) is 0. The molecule has 0 aliphatic heterocycles. The van der Waals surface area contributed by atoms with Gasteiger partial charge < -0.3 is 15.7 Å². The highest BCUT2D eigenvalue weighted by molar-refractivity contribution is 7.16. The Hall–Kier alpha value is -1.40. The van der Waals surface area contributed by atoms with Crippen LogP contribution in [0.1, 0.15) is 39.0 Å². The van der Waals surface area contributed by atoms with Crippen molar-refractivity contribution >= 4 is 33.3 Å². The molecule has 0 bridgehead atoms. The van der Waals surface area contributed by atoms with Crippen molar-refractivity contribution in [1.82, 2.24) is 9.97 Å². The molecular weight excluding hydrogens is 284 g/mol. The molecule has 0 radical (unpaired) electrons. The van der Waals surface area contributed by atoms with E-state index in [1.54, 1.807) is 11.3 Å². The second-order valence-electron chi connectivity index (χ2n) is 5.69. The van der Waals surface area contributed by atoms with E-state index in [1.807, 2.05) is 18.4 Å². The van der Waals surface area contributed by atoms with E-state index in [1.165, 1.54) is 6.42 Å². The summed E-state index contributed by atoms with van der Waals surface area (Å²) in [6.07, 6.45) is 5.56. The van der Waals surface area contributed by atoms with Gasteiger partial charge in [-0.15, -0.1) is 11.3 Å². The lowest BCUT2D eigenvalue weighted by atomic mass is 9.82. The van der Waals surface area contributed by atoms with Crippen LogP contribution in [0.15, 0.2) is 11.4 Å². The zero-order valence-electron chi connectivity index (χ0n) is 12.4. The zero-order chi connectivity index (χ0) is 14.7. The average Bonchev–Trinajstić information content (AvgIpc) is 2.97. The number of nitrogens with zero attached hydrogens (tertiary/aromatic N) is 2. The van der Waals surface area contributed by atoms with Crippen LogP contribution in [0.4, 0.5) is 11.8 Å². The molecule has 2 heterocycles. The Morgan fingerprint density at radius 2 is 2.10 bits per heavy atom. The van der Waals surface area contributed by atoms with Gasteiger partial charge in [-0.1, -0.05) is 19.3 Å². The number of rotatable bonds is 5. The number of aliphatic hydroxyl groups is 1. The Kier molecular flexibility index (Phi) is 4.26. The minimum Gasteiger partial charge on any atom is -0.394 e. The van der Waals surface area contributed by atoms with E-state index < -0.39 is 0 Å². The number of nitrogens with one attached hydrogen (secondary N) is 2. The molecule has 114 valence electrons. The quantitative estimate of drug-likeness (QED) is 0.791. The third-order valence-electron chi connectivity index (χ3n) is 4.16. The monoisotopic (exact) mass is 306 g/mol. The normalized spacial score (nSPS) is 17.8. The SMILES string of the molecule is CCNc1nc(NC2(CO)CCCCC2)c2ccsc2n1. The lowest BCUT2D eigenvalue weighted by molar-refractivity contribution is 0.172. The van der Waals surface area contributed by atoms with Crippen LogP contribution in [0.3, 0.4) is 0 Å². The van der Waals surface area contributed by atoms with Crippen LogP contribution in [-0.4, -0.2) is 33.8 Å². The van der Waals surface area contributed by atoms with E-state index in [2.05, 4.69) is 20.6 Å². The predicted molar refractivity (Wildman–Crippen MR) is 88.1 cm³/mol. The predicted octanol–water partition coefficient (Wildman–Crippen LogP) is 3.23. The van der Waals surface area contributed by atoms with Crippen LogP contribution < -0.4 is 10.6 Å². The highest BCUT2D eigenvalue weighted by Crippen LogP contribution is 2.34. The molecule has 0 amide bonds. The molecule has 0 unspecified atom stereocenters. The molecule has 3 N–H and O–H groups in total. The summed E-state index contributed by atoms with van der Waals surface area (Å²) in [5.41, 5.74) is -0.231. The molecule has 3 rings (SSSR count). The second kappa shape index (κ2) is 6.15. The molecule has 21 heavy (non-hydrogen) atoms. The van der Waals surface area contributed by atoms with Gasteiger partial charge in [0, 0.05) is 6.54 Å². The van der Waals surface area contributed by atoms with E-state index in [9.17, 15) is 5.11 Å². The molecule has 1 saturated carbocycles. The largest absolute Gasteiger partial charge is 0.394 e. The summed E-state index contributed by atoms with van der Waals surface area (Å²) >= 11 is 1.62. The lowest BCUT2D eigenvalue weighted by Gasteiger charge is -2.37. The summed E-state index contributed by atoms with van der Waals surface area (Å²) in [6.45, 7) is 2.98.